The number of benzene rings is 1. The van der Waals surface area contributed by atoms with E-state index < -0.39 is 6.03 Å². The first-order valence-corrected chi connectivity index (χ1v) is 7.14. The Morgan fingerprint density at radius 2 is 2.25 bits per heavy atom. The SMILES string of the molecule is NC(=O)NC[C@H]1OCCNCC1c1ccc(Cl)c(Cl)c1. The maximum Gasteiger partial charge on any atom is 0.312 e. The van der Waals surface area contributed by atoms with Gasteiger partial charge < -0.3 is 21.1 Å². The average Bonchev–Trinajstić information content (AvgIpc) is 2.65. The molecule has 2 atom stereocenters. The van der Waals surface area contributed by atoms with Gasteiger partial charge in [0.15, 0.2) is 0 Å². The molecule has 0 aromatic heterocycles. The number of hydrogen-bond acceptors (Lipinski definition) is 3. The van der Waals surface area contributed by atoms with Crippen LogP contribution in [0.15, 0.2) is 18.2 Å². The second-order valence-electron chi connectivity index (χ2n) is 4.64. The summed E-state index contributed by atoms with van der Waals surface area (Å²) in [7, 11) is 0. The maximum atomic E-state index is 10.9. The van der Waals surface area contributed by atoms with Gasteiger partial charge in [0.1, 0.15) is 0 Å². The van der Waals surface area contributed by atoms with E-state index in [0.29, 0.717) is 23.2 Å². The van der Waals surface area contributed by atoms with Gasteiger partial charge in [0, 0.05) is 25.6 Å². The van der Waals surface area contributed by atoms with Gasteiger partial charge in [0.25, 0.3) is 0 Å². The molecule has 5 nitrogen and oxygen atoms in total. The fourth-order valence-corrected chi connectivity index (χ4v) is 2.57. The van der Waals surface area contributed by atoms with Crippen molar-refractivity contribution in [1.29, 1.82) is 0 Å². The van der Waals surface area contributed by atoms with Gasteiger partial charge in [-0.05, 0) is 17.7 Å². The Balaban J connectivity index is 2.18. The number of halogens is 2. The standard InChI is InChI=1S/C13H17Cl2N3O2/c14-10-2-1-8(5-11(10)15)9-6-17-3-4-20-12(9)7-18-13(16)19/h1-2,5,9,12,17H,3-4,6-7H2,(H3,16,18,19)/t9?,12-/m1/s1. The summed E-state index contributed by atoms with van der Waals surface area (Å²) in [5, 5.41) is 6.93. The van der Waals surface area contributed by atoms with Crippen molar-refractivity contribution in [2.45, 2.75) is 12.0 Å². The summed E-state index contributed by atoms with van der Waals surface area (Å²) in [5.74, 6) is 0.0686. The second-order valence-corrected chi connectivity index (χ2v) is 5.45. The molecule has 1 heterocycles. The van der Waals surface area contributed by atoms with Crippen molar-refractivity contribution in [3.05, 3.63) is 33.8 Å². The molecule has 0 saturated carbocycles. The molecule has 0 aliphatic carbocycles. The number of nitrogens with two attached hydrogens (primary N) is 1. The van der Waals surface area contributed by atoms with Crippen LogP contribution in [-0.2, 0) is 4.74 Å². The number of carbonyl (C=O) groups is 1. The molecule has 1 aromatic rings. The molecule has 0 spiro atoms. The van der Waals surface area contributed by atoms with Crippen molar-refractivity contribution in [3.8, 4) is 0 Å². The van der Waals surface area contributed by atoms with Gasteiger partial charge in [-0.3, -0.25) is 0 Å². The number of urea groups is 1. The lowest BCUT2D eigenvalue weighted by molar-refractivity contribution is 0.0541. The van der Waals surface area contributed by atoms with E-state index >= 15 is 0 Å². The molecule has 0 bridgehead atoms. The van der Waals surface area contributed by atoms with Gasteiger partial charge in [-0.25, -0.2) is 4.79 Å². The Kier molecular flexibility index (Phi) is 5.48. The molecule has 1 aromatic carbocycles. The Hall–Kier alpha value is -1.01. The molecular weight excluding hydrogens is 301 g/mol. The molecule has 1 unspecified atom stereocenters. The Labute approximate surface area is 127 Å². The van der Waals surface area contributed by atoms with E-state index in [-0.39, 0.29) is 12.0 Å². The largest absolute Gasteiger partial charge is 0.374 e. The normalized spacial score (nSPS) is 23.1. The van der Waals surface area contributed by atoms with Crippen molar-refractivity contribution < 1.29 is 9.53 Å². The molecule has 2 rings (SSSR count). The number of nitrogens with one attached hydrogen (secondary N) is 2. The molecule has 1 saturated heterocycles. The van der Waals surface area contributed by atoms with Crippen LogP contribution >= 0.6 is 23.2 Å². The lowest BCUT2D eigenvalue weighted by Gasteiger charge is -2.25. The number of hydrogen-bond donors (Lipinski definition) is 3. The van der Waals surface area contributed by atoms with E-state index in [4.69, 9.17) is 33.7 Å². The third kappa shape index (κ3) is 3.99. The van der Waals surface area contributed by atoms with Crippen molar-refractivity contribution in [1.82, 2.24) is 10.6 Å². The predicted octanol–water partition coefficient (Wildman–Crippen LogP) is 1.73. The van der Waals surface area contributed by atoms with Gasteiger partial charge in [0.2, 0.25) is 0 Å². The first kappa shape index (κ1) is 15.4. The molecule has 2 amide bonds. The molecule has 1 fully saturated rings. The van der Waals surface area contributed by atoms with Crippen molar-refractivity contribution >= 4 is 29.2 Å². The van der Waals surface area contributed by atoms with E-state index in [0.717, 1.165) is 18.7 Å². The monoisotopic (exact) mass is 317 g/mol. The molecule has 1 aliphatic rings. The van der Waals surface area contributed by atoms with E-state index in [2.05, 4.69) is 10.6 Å². The van der Waals surface area contributed by atoms with Crippen LogP contribution in [0.3, 0.4) is 0 Å². The number of amides is 2. The van der Waals surface area contributed by atoms with Crippen molar-refractivity contribution in [2.24, 2.45) is 5.73 Å². The van der Waals surface area contributed by atoms with Crippen LogP contribution in [-0.4, -0.2) is 38.4 Å². The Morgan fingerprint density at radius 3 is 2.95 bits per heavy atom. The van der Waals surface area contributed by atoms with Gasteiger partial charge >= 0.3 is 6.03 Å². The lowest BCUT2D eigenvalue weighted by Crippen LogP contribution is -2.40. The van der Waals surface area contributed by atoms with Gasteiger partial charge in [-0.2, -0.15) is 0 Å². The van der Waals surface area contributed by atoms with E-state index in [9.17, 15) is 4.79 Å². The van der Waals surface area contributed by atoms with Gasteiger partial charge in [-0.1, -0.05) is 29.3 Å². The van der Waals surface area contributed by atoms with Crippen LogP contribution in [0, 0.1) is 0 Å². The fraction of sp³-hybridized carbons (Fsp3) is 0.462. The number of rotatable bonds is 3. The number of carbonyl (C=O) groups excluding carboxylic acids is 1. The summed E-state index contributed by atoms with van der Waals surface area (Å²) in [6, 6.07) is 4.97. The smallest absolute Gasteiger partial charge is 0.312 e. The maximum absolute atomic E-state index is 10.9. The number of primary amides is 1. The summed E-state index contributed by atoms with van der Waals surface area (Å²) in [5.41, 5.74) is 6.14. The first-order chi connectivity index (χ1) is 9.58. The van der Waals surface area contributed by atoms with Crippen LogP contribution < -0.4 is 16.4 Å². The summed E-state index contributed by atoms with van der Waals surface area (Å²) in [6.07, 6.45) is -0.158. The summed E-state index contributed by atoms with van der Waals surface area (Å²) >= 11 is 12.0. The lowest BCUT2D eigenvalue weighted by atomic mass is 9.93. The summed E-state index contributed by atoms with van der Waals surface area (Å²) in [6.45, 7) is 2.46. The highest BCUT2D eigenvalue weighted by Crippen LogP contribution is 2.29. The summed E-state index contributed by atoms with van der Waals surface area (Å²) < 4.78 is 5.78. The molecule has 7 heteroatoms. The summed E-state index contributed by atoms with van der Waals surface area (Å²) in [4.78, 5) is 10.9. The molecule has 110 valence electrons. The third-order valence-corrected chi connectivity index (χ3v) is 4.01. The van der Waals surface area contributed by atoms with Crippen molar-refractivity contribution in [3.63, 3.8) is 0 Å². The van der Waals surface area contributed by atoms with E-state index in [1.165, 1.54) is 0 Å². The highest BCUT2D eigenvalue weighted by molar-refractivity contribution is 6.42. The molecule has 0 radical (unpaired) electrons. The zero-order valence-electron chi connectivity index (χ0n) is 10.9. The first-order valence-electron chi connectivity index (χ1n) is 6.38. The van der Waals surface area contributed by atoms with Crippen molar-refractivity contribution in [2.75, 3.05) is 26.2 Å². The second kappa shape index (κ2) is 7.13. The van der Waals surface area contributed by atoms with Gasteiger partial charge in [0.05, 0.1) is 22.8 Å². The molecule has 1 aliphatic heterocycles. The topological polar surface area (TPSA) is 76.4 Å². The quantitative estimate of drug-likeness (QED) is 0.794. The highest BCUT2D eigenvalue weighted by Gasteiger charge is 2.26. The van der Waals surface area contributed by atoms with Crippen LogP contribution in [0.2, 0.25) is 10.0 Å². The zero-order valence-corrected chi connectivity index (χ0v) is 12.4. The highest BCUT2D eigenvalue weighted by atomic mass is 35.5. The minimum Gasteiger partial charge on any atom is -0.374 e. The van der Waals surface area contributed by atoms with Crippen LogP contribution in [0.25, 0.3) is 0 Å². The molecule has 20 heavy (non-hydrogen) atoms. The minimum atomic E-state index is -0.557. The van der Waals surface area contributed by atoms with Gasteiger partial charge in [-0.15, -0.1) is 0 Å². The Morgan fingerprint density at radius 1 is 1.45 bits per heavy atom. The number of ether oxygens (including phenoxy) is 1. The average molecular weight is 318 g/mol. The van der Waals surface area contributed by atoms with Crippen LogP contribution in [0.1, 0.15) is 11.5 Å². The minimum absolute atomic E-state index is 0.0686. The molecule has 4 N–H and O–H groups in total. The predicted molar refractivity (Wildman–Crippen MR) is 79.4 cm³/mol. The van der Waals surface area contributed by atoms with Crippen LogP contribution in [0.4, 0.5) is 4.79 Å². The Bertz CT molecular complexity index is 485. The third-order valence-electron chi connectivity index (χ3n) is 3.27. The zero-order chi connectivity index (χ0) is 14.5. The van der Waals surface area contributed by atoms with E-state index in [1.54, 1.807) is 6.07 Å². The fourth-order valence-electron chi connectivity index (χ4n) is 2.27. The molecular formula is C13H17Cl2N3O2. The van der Waals surface area contributed by atoms with Crippen LogP contribution in [0.5, 0.6) is 0 Å². The van der Waals surface area contributed by atoms with E-state index in [1.807, 2.05) is 12.1 Å².